The van der Waals surface area contributed by atoms with Crippen molar-refractivity contribution in [2.75, 3.05) is 6.54 Å². The van der Waals surface area contributed by atoms with Crippen molar-refractivity contribution >= 4 is 38.2 Å². The third kappa shape index (κ3) is 3.18. The lowest BCUT2D eigenvalue weighted by atomic mass is 10.2. The van der Waals surface area contributed by atoms with E-state index in [1.165, 1.54) is 5.38 Å². The molecule has 24 heavy (non-hydrogen) atoms. The Hall–Kier alpha value is -2.23. The van der Waals surface area contributed by atoms with E-state index in [9.17, 15) is 13.2 Å². The Morgan fingerprint density at radius 1 is 1.38 bits per heavy atom. The highest BCUT2D eigenvalue weighted by molar-refractivity contribution is 7.89. The van der Waals surface area contributed by atoms with E-state index in [0.717, 1.165) is 34.0 Å². The number of nitrogens with one attached hydrogen (secondary N) is 1. The van der Waals surface area contributed by atoms with Crippen molar-refractivity contribution in [2.45, 2.75) is 11.3 Å². The molecule has 2 heterocycles. The molecule has 0 saturated heterocycles. The van der Waals surface area contributed by atoms with Gasteiger partial charge in [-0.15, -0.1) is 11.3 Å². The minimum absolute atomic E-state index is 0.00825. The molecule has 2 N–H and O–H groups in total. The van der Waals surface area contributed by atoms with Crippen LogP contribution < -0.4 is 4.72 Å². The quantitative estimate of drug-likeness (QED) is 0.694. The van der Waals surface area contributed by atoms with Crippen LogP contribution in [0, 0.1) is 0 Å². The first kappa shape index (κ1) is 16.6. The Morgan fingerprint density at radius 3 is 2.83 bits per heavy atom. The van der Waals surface area contributed by atoms with Crippen molar-refractivity contribution in [3.63, 3.8) is 0 Å². The summed E-state index contributed by atoms with van der Waals surface area (Å²) in [6.45, 7) is 0.182. The Balaban J connectivity index is 1.71. The van der Waals surface area contributed by atoms with Crippen LogP contribution in [0.1, 0.15) is 15.4 Å². The molecule has 0 aliphatic rings. The number of carboxylic acid groups (broad SMARTS) is 1. The third-order valence-corrected chi connectivity index (χ3v) is 6.09. The number of carboxylic acids is 1. The van der Waals surface area contributed by atoms with E-state index in [-0.39, 0.29) is 16.3 Å². The Morgan fingerprint density at radius 2 is 2.12 bits per heavy atom. The second kappa shape index (κ2) is 6.34. The van der Waals surface area contributed by atoms with Crippen molar-refractivity contribution in [3.05, 3.63) is 46.3 Å². The topological polar surface area (TPSA) is 101 Å². The maximum Gasteiger partial charge on any atom is 0.345 e. The van der Waals surface area contributed by atoms with Crippen LogP contribution >= 0.6 is 11.3 Å². The fourth-order valence-electron chi connectivity index (χ4n) is 2.43. The van der Waals surface area contributed by atoms with Gasteiger partial charge in [0, 0.05) is 30.8 Å². The van der Waals surface area contributed by atoms with Gasteiger partial charge in [0.05, 0.1) is 16.1 Å². The van der Waals surface area contributed by atoms with Gasteiger partial charge in [-0.1, -0.05) is 18.2 Å². The Bertz CT molecular complexity index is 1000. The number of para-hydroxylation sites is 1. The molecule has 0 atom stereocenters. The molecule has 0 aliphatic heterocycles. The third-order valence-electron chi connectivity index (χ3n) is 3.58. The molecule has 3 rings (SSSR count). The highest BCUT2D eigenvalue weighted by Crippen LogP contribution is 2.20. The number of aromatic nitrogens is 2. The summed E-state index contributed by atoms with van der Waals surface area (Å²) < 4.78 is 28.7. The minimum Gasteiger partial charge on any atom is -0.477 e. The number of fused-ring (bicyclic) bond motifs is 1. The fourth-order valence-corrected chi connectivity index (χ4v) is 4.58. The van der Waals surface area contributed by atoms with Crippen molar-refractivity contribution in [2.24, 2.45) is 7.05 Å². The molecule has 0 amide bonds. The van der Waals surface area contributed by atoms with E-state index in [4.69, 9.17) is 5.11 Å². The number of rotatable bonds is 6. The van der Waals surface area contributed by atoms with Crippen LogP contribution in [-0.2, 0) is 23.5 Å². The van der Waals surface area contributed by atoms with E-state index in [0.29, 0.717) is 6.42 Å². The van der Waals surface area contributed by atoms with Gasteiger partial charge in [0.2, 0.25) is 10.0 Å². The first-order valence-corrected chi connectivity index (χ1v) is 9.47. The summed E-state index contributed by atoms with van der Waals surface area (Å²) in [5.41, 5.74) is 1.80. The van der Waals surface area contributed by atoms with E-state index in [1.807, 2.05) is 31.3 Å². The second-order valence-electron chi connectivity index (χ2n) is 5.19. The van der Waals surface area contributed by atoms with Gasteiger partial charge in [-0.3, -0.25) is 4.68 Å². The summed E-state index contributed by atoms with van der Waals surface area (Å²) in [5.74, 6) is -1.14. The number of benzene rings is 1. The number of nitrogens with zero attached hydrogens (tertiary/aromatic N) is 2. The van der Waals surface area contributed by atoms with Crippen LogP contribution in [0.2, 0.25) is 0 Å². The average molecular weight is 365 g/mol. The normalized spacial score (nSPS) is 11.9. The minimum atomic E-state index is -3.73. The zero-order chi connectivity index (χ0) is 17.3. The SMILES string of the molecule is Cn1nc(CCNS(=O)(=O)c2csc(C(=O)O)c2)c2ccccc21. The lowest BCUT2D eigenvalue weighted by Crippen LogP contribution is -2.25. The summed E-state index contributed by atoms with van der Waals surface area (Å²) in [5, 5.41) is 15.6. The van der Waals surface area contributed by atoms with E-state index in [2.05, 4.69) is 9.82 Å². The summed E-state index contributed by atoms with van der Waals surface area (Å²) >= 11 is 0.885. The predicted molar refractivity (Wildman–Crippen MR) is 90.9 cm³/mol. The van der Waals surface area contributed by atoms with Crippen LogP contribution in [0.15, 0.2) is 40.6 Å². The molecule has 1 aromatic carbocycles. The maximum atomic E-state index is 12.2. The summed E-state index contributed by atoms with van der Waals surface area (Å²) in [4.78, 5) is 10.8. The van der Waals surface area contributed by atoms with Crippen LogP contribution in [0.5, 0.6) is 0 Å². The molecular formula is C15H15N3O4S2. The number of carbonyl (C=O) groups is 1. The average Bonchev–Trinajstić information content (AvgIpc) is 3.14. The summed E-state index contributed by atoms with van der Waals surface area (Å²) in [6, 6.07) is 8.90. The molecular weight excluding hydrogens is 350 g/mol. The number of hydrogen-bond donors (Lipinski definition) is 2. The number of hydrogen-bond acceptors (Lipinski definition) is 5. The lowest BCUT2D eigenvalue weighted by molar-refractivity contribution is 0.0702. The van der Waals surface area contributed by atoms with Gasteiger partial charge in [-0.05, 0) is 12.1 Å². The van der Waals surface area contributed by atoms with Crippen molar-refractivity contribution in [1.82, 2.24) is 14.5 Å². The zero-order valence-corrected chi connectivity index (χ0v) is 14.4. The van der Waals surface area contributed by atoms with Gasteiger partial charge in [0.25, 0.3) is 0 Å². The molecule has 0 spiro atoms. The van der Waals surface area contributed by atoms with Crippen LogP contribution in [-0.4, -0.2) is 35.8 Å². The van der Waals surface area contributed by atoms with E-state index >= 15 is 0 Å². The molecule has 0 bridgehead atoms. The van der Waals surface area contributed by atoms with Crippen LogP contribution in [0.25, 0.3) is 10.9 Å². The number of aryl methyl sites for hydroxylation is 1. The smallest absolute Gasteiger partial charge is 0.345 e. The van der Waals surface area contributed by atoms with E-state index < -0.39 is 16.0 Å². The summed E-state index contributed by atoms with van der Waals surface area (Å²) in [7, 11) is -1.89. The first-order valence-electron chi connectivity index (χ1n) is 7.10. The number of thiophene rings is 1. The molecule has 0 saturated carbocycles. The molecule has 0 unspecified atom stereocenters. The number of aromatic carboxylic acids is 1. The van der Waals surface area contributed by atoms with Gasteiger partial charge in [-0.25, -0.2) is 17.9 Å². The highest BCUT2D eigenvalue weighted by Gasteiger charge is 2.18. The molecule has 9 heteroatoms. The summed E-state index contributed by atoms with van der Waals surface area (Å²) in [6.07, 6.45) is 0.441. The monoisotopic (exact) mass is 365 g/mol. The second-order valence-corrected chi connectivity index (χ2v) is 7.87. The number of sulfonamides is 1. The largest absolute Gasteiger partial charge is 0.477 e. The molecule has 0 radical (unpaired) electrons. The van der Waals surface area contributed by atoms with Gasteiger partial charge < -0.3 is 5.11 Å². The zero-order valence-electron chi connectivity index (χ0n) is 12.8. The Labute approximate surface area is 142 Å². The van der Waals surface area contributed by atoms with Gasteiger partial charge in [-0.2, -0.15) is 5.10 Å². The molecule has 2 aromatic heterocycles. The van der Waals surface area contributed by atoms with E-state index in [1.54, 1.807) is 4.68 Å². The van der Waals surface area contributed by atoms with Gasteiger partial charge >= 0.3 is 5.97 Å². The highest BCUT2D eigenvalue weighted by atomic mass is 32.2. The van der Waals surface area contributed by atoms with Crippen molar-refractivity contribution in [3.8, 4) is 0 Å². The van der Waals surface area contributed by atoms with Crippen LogP contribution in [0.3, 0.4) is 0 Å². The van der Waals surface area contributed by atoms with Crippen molar-refractivity contribution in [1.29, 1.82) is 0 Å². The first-order chi connectivity index (χ1) is 11.4. The predicted octanol–water partition coefficient (Wildman–Crippen LogP) is 1.85. The molecule has 3 aromatic rings. The van der Waals surface area contributed by atoms with Gasteiger partial charge in [0.1, 0.15) is 4.88 Å². The molecule has 126 valence electrons. The van der Waals surface area contributed by atoms with Crippen LogP contribution in [0.4, 0.5) is 0 Å². The van der Waals surface area contributed by atoms with Crippen molar-refractivity contribution < 1.29 is 18.3 Å². The Kier molecular flexibility index (Phi) is 4.39. The standard InChI is InChI=1S/C15H15N3O4S2/c1-18-13-5-3-2-4-11(13)12(17-18)6-7-16-24(21,22)10-8-14(15(19)20)23-9-10/h2-5,8-9,16H,6-7H2,1H3,(H,19,20). The fraction of sp³-hybridized carbons (Fsp3) is 0.200. The molecule has 7 nitrogen and oxygen atoms in total. The molecule has 0 aliphatic carbocycles. The van der Waals surface area contributed by atoms with Gasteiger partial charge in [0.15, 0.2) is 0 Å². The lowest BCUT2D eigenvalue weighted by Gasteiger charge is -2.03. The molecule has 0 fully saturated rings. The maximum absolute atomic E-state index is 12.2.